The molecule has 1 aromatic rings. The Morgan fingerprint density at radius 2 is 1.91 bits per heavy atom. The van der Waals surface area contributed by atoms with Crippen molar-refractivity contribution >= 4 is 21.9 Å². The van der Waals surface area contributed by atoms with Gasteiger partial charge in [-0.3, -0.25) is 4.79 Å². The van der Waals surface area contributed by atoms with Gasteiger partial charge in [-0.25, -0.2) is 17.9 Å². The van der Waals surface area contributed by atoms with Crippen LogP contribution in [0.3, 0.4) is 0 Å². The highest BCUT2D eigenvalue weighted by atomic mass is 32.2. The van der Waals surface area contributed by atoms with E-state index < -0.39 is 27.9 Å². The second-order valence-electron chi connectivity index (χ2n) is 4.46. The van der Waals surface area contributed by atoms with Crippen LogP contribution in [-0.2, 0) is 14.8 Å². The zero-order valence-corrected chi connectivity index (χ0v) is 12.9. The lowest BCUT2D eigenvalue weighted by atomic mass is 10.1. The molecule has 0 aromatic heterocycles. The molecule has 1 unspecified atom stereocenters. The summed E-state index contributed by atoms with van der Waals surface area (Å²) in [6.45, 7) is 3.50. The maximum atomic E-state index is 12.0. The lowest BCUT2D eigenvalue weighted by Crippen LogP contribution is -2.40. The Morgan fingerprint density at radius 3 is 2.36 bits per heavy atom. The lowest BCUT2D eigenvalue weighted by molar-refractivity contribution is -0.139. The Hall–Kier alpha value is -2.19. The highest BCUT2D eigenvalue weighted by Gasteiger charge is 2.20. The Bertz CT molecular complexity index is 652. The van der Waals surface area contributed by atoms with Gasteiger partial charge in [-0.15, -0.1) is 6.58 Å². The van der Waals surface area contributed by atoms with Crippen LogP contribution in [0.15, 0.2) is 41.8 Å². The molecule has 22 heavy (non-hydrogen) atoms. The minimum Gasteiger partial charge on any atom is -0.480 e. The second kappa shape index (κ2) is 7.71. The van der Waals surface area contributed by atoms with Gasteiger partial charge < -0.3 is 10.4 Å². The van der Waals surface area contributed by atoms with Gasteiger partial charge in [0.25, 0.3) is 5.91 Å². The SMILES string of the molecule is C=CCCC(NC(=O)c1ccc(S(=O)(=O)NC)cc1)C(=O)O. The molecule has 0 aliphatic rings. The number of carbonyl (C=O) groups is 2. The third-order valence-corrected chi connectivity index (χ3v) is 4.39. The summed E-state index contributed by atoms with van der Waals surface area (Å²) in [6, 6.07) is 4.18. The summed E-state index contributed by atoms with van der Waals surface area (Å²) in [5.74, 6) is -1.71. The predicted octanol–water partition coefficient (Wildman–Crippen LogP) is 0.744. The number of carboxylic acid groups (broad SMARTS) is 1. The molecule has 0 radical (unpaired) electrons. The second-order valence-corrected chi connectivity index (χ2v) is 6.35. The van der Waals surface area contributed by atoms with Crippen molar-refractivity contribution in [2.45, 2.75) is 23.8 Å². The van der Waals surface area contributed by atoms with Crippen LogP contribution in [0, 0.1) is 0 Å². The fourth-order valence-corrected chi connectivity index (χ4v) is 2.42. The molecule has 8 heteroatoms. The van der Waals surface area contributed by atoms with Gasteiger partial charge in [0.1, 0.15) is 6.04 Å². The van der Waals surface area contributed by atoms with E-state index in [1.165, 1.54) is 31.3 Å². The fourth-order valence-electron chi connectivity index (χ4n) is 1.69. The molecule has 0 spiro atoms. The predicted molar refractivity (Wildman–Crippen MR) is 81.0 cm³/mol. The van der Waals surface area contributed by atoms with Crippen LogP contribution in [0.4, 0.5) is 0 Å². The summed E-state index contributed by atoms with van der Waals surface area (Å²) >= 11 is 0. The zero-order chi connectivity index (χ0) is 16.8. The summed E-state index contributed by atoms with van der Waals surface area (Å²) < 4.78 is 25.3. The molecule has 0 aliphatic carbocycles. The third-order valence-electron chi connectivity index (χ3n) is 2.96. The zero-order valence-electron chi connectivity index (χ0n) is 12.1. The molecule has 0 saturated carbocycles. The molecule has 0 heterocycles. The molecular weight excluding hydrogens is 308 g/mol. The van der Waals surface area contributed by atoms with Crippen LogP contribution in [-0.4, -0.2) is 38.5 Å². The van der Waals surface area contributed by atoms with Crippen LogP contribution < -0.4 is 10.0 Å². The van der Waals surface area contributed by atoms with E-state index in [9.17, 15) is 18.0 Å². The summed E-state index contributed by atoms with van der Waals surface area (Å²) in [6.07, 6.45) is 2.26. The molecule has 7 nitrogen and oxygen atoms in total. The number of sulfonamides is 1. The smallest absolute Gasteiger partial charge is 0.326 e. The number of aliphatic carboxylic acids is 1. The largest absolute Gasteiger partial charge is 0.480 e. The highest BCUT2D eigenvalue weighted by Crippen LogP contribution is 2.10. The number of carboxylic acids is 1. The van der Waals surface area contributed by atoms with Crippen molar-refractivity contribution in [2.24, 2.45) is 0 Å². The molecule has 1 atom stereocenters. The number of nitrogens with one attached hydrogen (secondary N) is 2. The highest BCUT2D eigenvalue weighted by molar-refractivity contribution is 7.89. The van der Waals surface area contributed by atoms with E-state index in [0.717, 1.165) is 0 Å². The normalized spacial score (nSPS) is 12.4. The minimum atomic E-state index is -3.58. The van der Waals surface area contributed by atoms with E-state index in [1.807, 2.05) is 0 Å². The quantitative estimate of drug-likeness (QED) is 0.610. The minimum absolute atomic E-state index is 0.0213. The van der Waals surface area contributed by atoms with Crippen molar-refractivity contribution in [3.8, 4) is 0 Å². The van der Waals surface area contributed by atoms with Gasteiger partial charge >= 0.3 is 5.97 Å². The third kappa shape index (κ3) is 4.68. The van der Waals surface area contributed by atoms with Gasteiger partial charge in [0.05, 0.1) is 4.90 Å². The Morgan fingerprint density at radius 1 is 1.32 bits per heavy atom. The van der Waals surface area contributed by atoms with Crippen molar-refractivity contribution in [1.29, 1.82) is 0 Å². The topological polar surface area (TPSA) is 113 Å². The van der Waals surface area contributed by atoms with E-state index in [4.69, 9.17) is 5.11 Å². The van der Waals surface area contributed by atoms with Crippen LogP contribution in [0.2, 0.25) is 0 Å². The average Bonchev–Trinajstić information content (AvgIpc) is 2.51. The first-order chi connectivity index (χ1) is 10.3. The first-order valence-corrected chi connectivity index (χ1v) is 7.98. The number of hydrogen-bond donors (Lipinski definition) is 3. The first kappa shape index (κ1) is 17.9. The Labute approximate surface area is 129 Å². The molecule has 1 aromatic carbocycles. The molecular formula is C14H18N2O5S. The Balaban J connectivity index is 2.85. The number of amides is 1. The molecule has 1 amide bonds. The number of rotatable bonds is 8. The van der Waals surface area contributed by atoms with Gasteiger partial charge in [0, 0.05) is 5.56 Å². The van der Waals surface area contributed by atoms with Crippen molar-refractivity contribution in [1.82, 2.24) is 10.0 Å². The van der Waals surface area contributed by atoms with Gasteiger partial charge in [-0.1, -0.05) is 6.08 Å². The number of carbonyl (C=O) groups excluding carboxylic acids is 1. The van der Waals surface area contributed by atoms with E-state index >= 15 is 0 Å². The van der Waals surface area contributed by atoms with E-state index in [1.54, 1.807) is 6.08 Å². The van der Waals surface area contributed by atoms with E-state index in [0.29, 0.717) is 6.42 Å². The van der Waals surface area contributed by atoms with Crippen molar-refractivity contribution in [3.63, 3.8) is 0 Å². The molecule has 0 saturated heterocycles. The van der Waals surface area contributed by atoms with Gasteiger partial charge in [0.2, 0.25) is 10.0 Å². The molecule has 0 aliphatic heterocycles. The number of hydrogen-bond acceptors (Lipinski definition) is 4. The first-order valence-electron chi connectivity index (χ1n) is 6.50. The van der Waals surface area contributed by atoms with Crippen molar-refractivity contribution < 1.29 is 23.1 Å². The fraction of sp³-hybridized carbons (Fsp3) is 0.286. The summed E-state index contributed by atoms with van der Waals surface area (Å²) in [4.78, 5) is 23.1. The van der Waals surface area contributed by atoms with Crippen LogP contribution in [0.5, 0.6) is 0 Å². The molecule has 1 rings (SSSR count). The van der Waals surface area contributed by atoms with Gasteiger partial charge in [-0.05, 0) is 44.2 Å². The number of benzene rings is 1. The van der Waals surface area contributed by atoms with Crippen LogP contribution in [0.1, 0.15) is 23.2 Å². The monoisotopic (exact) mass is 326 g/mol. The molecule has 120 valence electrons. The van der Waals surface area contributed by atoms with Crippen LogP contribution >= 0.6 is 0 Å². The summed E-state index contributed by atoms with van der Waals surface area (Å²) in [5, 5.41) is 11.4. The van der Waals surface area contributed by atoms with Crippen molar-refractivity contribution in [3.05, 3.63) is 42.5 Å². The Kier molecular flexibility index (Phi) is 6.26. The van der Waals surface area contributed by atoms with Crippen LogP contribution in [0.25, 0.3) is 0 Å². The lowest BCUT2D eigenvalue weighted by Gasteiger charge is -2.13. The van der Waals surface area contributed by atoms with E-state index in [-0.39, 0.29) is 16.9 Å². The number of allylic oxidation sites excluding steroid dienone is 1. The maximum absolute atomic E-state index is 12.0. The average molecular weight is 326 g/mol. The van der Waals surface area contributed by atoms with Crippen molar-refractivity contribution in [2.75, 3.05) is 7.05 Å². The maximum Gasteiger partial charge on any atom is 0.326 e. The van der Waals surface area contributed by atoms with E-state index in [2.05, 4.69) is 16.6 Å². The molecule has 0 fully saturated rings. The summed E-state index contributed by atoms with van der Waals surface area (Å²) in [5.41, 5.74) is 0.180. The molecule has 3 N–H and O–H groups in total. The molecule has 0 bridgehead atoms. The van der Waals surface area contributed by atoms with Gasteiger partial charge in [0.15, 0.2) is 0 Å². The summed E-state index contributed by atoms with van der Waals surface area (Å²) in [7, 11) is -2.29. The standard InChI is InChI=1S/C14H18N2O5S/c1-3-4-5-12(14(18)19)16-13(17)10-6-8-11(9-7-10)22(20,21)15-2/h3,6-9,12,15H,1,4-5H2,2H3,(H,16,17)(H,18,19). The van der Waals surface area contributed by atoms with Gasteiger partial charge in [-0.2, -0.15) is 0 Å².